The number of rotatable bonds is 7. The molecule has 2 N–H and O–H groups in total. The van der Waals surface area contributed by atoms with Crippen molar-refractivity contribution in [2.24, 2.45) is 5.73 Å². The van der Waals surface area contributed by atoms with Crippen molar-refractivity contribution in [1.82, 2.24) is 24.5 Å². The normalized spacial score (nSPS) is 12.0. The topological polar surface area (TPSA) is 109 Å². The number of alkyl halides is 3. The van der Waals surface area contributed by atoms with Crippen LogP contribution in [0, 0.1) is 13.8 Å². The zero-order chi connectivity index (χ0) is 30.4. The lowest BCUT2D eigenvalue weighted by molar-refractivity contribution is -0.137. The monoisotopic (exact) mass is 572 g/mol. The third kappa shape index (κ3) is 5.20. The minimum Gasteiger partial charge on any atom is -0.369 e. The highest BCUT2D eigenvalue weighted by Gasteiger charge is 2.31. The van der Waals surface area contributed by atoms with E-state index in [1.807, 2.05) is 67.1 Å². The van der Waals surface area contributed by atoms with E-state index in [0.717, 1.165) is 46.6 Å². The lowest BCUT2D eigenvalue weighted by atomic mass is 9.82. The van der Waals surface area contributed by atoms with Gasteiger partial charge in [0.2, 0.25) is 11.7 Å². The molecule has 0 saturated carbocycles. The van der Waals surface area contributed by atoms with Gasteiger partial charge >= 0.3 is 6.18 Å². The third-order valence-electron chi connectivity index (χ3n) is 7.26. The Labute approximate surface area is 239 Å². The fraction of sp³-hybridized carbons (Fsp3) is 0.194. The van der Waals surface area contributed by atoms with Crippen molar-refractivity contribution in [2.45, 2.75) is 39.3 Å². The second-order valence-electron chi connectivity index (χ2n) is 10.5. The Kier molecular flexibility index (Phi) is 7.05. The van der Waals surface area contributed by atoms with Gasteiger partial charge in [-0.2, -0.15) is 13.2 Å². The van der Waals surface area contributed by atoms with Crippen molar-refractivity contribution >= 4 is 11.7 Å². The molecule has 0 radical (unpaired) electrons. The minimum absolute atomic E-state index is 0.0558. The van der Waals surface area contributed by atoms with Crippen LogP contribution in [0.4, 0.5) is 13.2 Å². The molecule has 0 unspecified atom stereocenters. The average Bonchev–Trinajstić information content (AvgIpc) is 3.57. The van der Waals surface area contributed by atoms with E-state index in [0.29, 0.717) is 17.2 Å². The van der Waals surface area contributed by atoms with Crippen molar-refractivity contribution in [3.8, 4) is 22.5 Å². The smallest absolute Gasteiger partial charge is 0.369 e. The van der Waals surface area contributed by atoms with Gasteiger partial charge in [-0.1, -0.05) is 47.7 Å². The molecular weight excluding hydrogens is 545 g/mol. The molecular formula is C31H27F3N6O2. The summed E-state index contributed by atoms with van der Waals surface area (Å²) >= 11 is 0. The Balaban J connectivity index is 1.66. The third-order valence-corrected chi connectivity index (χ3v) is 7.26. The van der Waals surface area contributed by atoms with Crippen LogP contribution >= 0.6 is 0 Å². The van der Waals surface area contributed by atoms with Gasteiger partial charge in [-0.3, -0.25) is 9.59 Å². The molecule has 0 saturated heterocycles. The predicted octanol–water partition coefficient (Wildman–Crippen LogP) is 5.75. The highest BCUT2D eigenvalue weighted by atomic mass is 19.4. The zero-order valence-electron chi connectivity index (χ0n) is 23.3. The fourth-order valence-corrected chi connectivity index (χ4v) is 4.69. The summed E-state index contributed by atoms with van der Waals surface area (Å²) in [5.41, 5.74) is 8.21. The summed E-state index contributed by atoms with van der Waals surface area (Å²) in [6, 6.07) is 17.0. The first-order chi connectivity index (χ1) is 19.8. The number of aromatic nitrogens is 5. The van der Waals surface area contributed by atoms with Crippen LogP contribution in [0.15, 0.2) is 79.1 Å². The van der Waals surface area contributed by atoms with Crippen molar-refractivity contribution in [3.63, 3.8) is 0 Å². The molecule has 5 rings (SSSR count). The van der Waals surface area contributed by atoms with Crippen molar-refractivity contribution in [3.05, 3.63) is 113 Å². The van der Waals surface area contributed by atoms with Crippen LogP contribution in [0.25, 0.3) is 22.5 Å². The highest BCUT2D eigenvalue weighted by Crippen LogP contribution is 2.33. The van der Waals surface area contributed by atoms with Crippen LogP contribution in [0.1, 0.15) is 52.5 Å². The van der Waals surface area contributed by atoms with Crippen LogP contribution in [-0.4, -0.2) is 36.2 Å². The first-order valence-electron chi connectivity index (χ1n) is 13.0. The van der Waals surface area contributed by atoms with Crippen molar-refractivity contribution < 1.29 is 22.8 Å². The summed E-state index contributed by atoms with van der Waals surface area (Å²) in [4.78, 5) is 30.1. The number of carbonyl (C=O) groups is 2. The Morgan fingerprint density at radius 3 is 2.17 bits per heavy atom. The lowest BCUT2D eigenvalue weighted by Gasteiger charge is -2.22. The molecule has 8 nitrogen and oxygen atoms in total. The van der Waals surface area contributed by atoms with Crippen LogP contribution in [-0.2, 0) is 16.4 Å². The Morgan fingerprint density at radius 1 is 0.857 bits per heavy atom. The van der Waals surface area contributed by atoms with E-state index in [-0.39, 0.29) is 11.3 Å². The Hall–Kier alpha value is -5.06. The number of nitrogens with two attached hydrogens (primary N) is 1. The van der Waals surface area contributed by atoms with Gasteiger partial charge in [-0.05, 0) is 68.7 Å². The van der Waals surface area contributed by atoms with E-state index in [2.05, 4.69) is 15.3 Å². The fourth-order valence-electron chi connectivity index (χ4n) is 4.69. The number of primary amides is 1. The molecule has 0 aliphatic rings. The molecule has 11 heteroatoms. The summed E-state index contributed by atoms with van der Waals surface area (Å²) in [5, 5.41) is 8.17. The number of benzene rings is 3. The number of hydrogen-bond acceptors (Lipinski definition) is 5. The predicted molar refractivity (Wildman–Crippen MR) is 150 cm³/mol. The molecule has 0 atom stereocenters. The minimum atomic E-state index is -4.52. The van der Waals surface area contributed by atoms with Gasteiger partial charge in [0, 0.05) is 11.8 Å². The van der Waals surface area contributed by atoms with E-state index < -0.39 is 28.8 Å². The molecule has 42 heavy (non-hydrogen) atoms. The van der Waals surface area contributed by atoms with Gasteiger partial charge < -0.3 is 10.3 Å². The lowest BCUT2D eigenvalue weighted by Crippen LogP contribution is -2.35. The summed E-state index contributed by atoms with van der Waals surface area (Å²) in [7, 11) is 0. The molecule has 3 aromatic carbocycles. The number of halogens is 3. The molecule has 0 aliphatic heterocycles. The SMILES string of the molecule is Cc1cn(-c2ccc(-c3cccc(C(C)(C)C(N)=O)c3)cc2-n2nncc2C(=O)c2ccc(C(F)(F)F)cc2)c(C)n1. The van der Waals surface area contributed by atoms with Gasteiger partial charge in [0.25, 0.3) is 0 Å². The number of amides is 1. The molecule has 2 heterocycles. The first-order valence-corrected chi connectivity index (χ1v) is 13.0. The molecule has 0 bridgehead atoms. The van der Waals surface area contributed by atoms with Crippen LogP contribution < -0.4 is 5.73 Å². The number of hydrogen-bond donors (Lipinski definition) is 1. The van der Waals surface area contributed by atoms with Crippen molar-refractivity contribution in [2.75, 3.05) is 0 Å². The Morgan fingerprint density at radius 2 is 1.55 bits per heavy atom. The van der Waals surface area contributed by atoms with E-state index in [1.54, 1.807) is 13.8 Å². The van der Waals surface area contributed by atoms with Crippen LogP contribution in [0.5, 0.6) is 0 Å². The van der Waals surface area contributed by atoms with Gasteiger partial charge in [-0.15, -0.1) is 5.10 Å². The van der Waals surface area contributed by atoms with Gasteiger partial charge in [-0.25, -0.2) is 9.67 Å². The quantitative estimate of drug-likeness (QED) is 0.250. The summed E-state index contributed by atoms with van der Waals surface area (Å²) < 4.78 is 42.5. The molecule has 1 amide bonds. The van der Waals surface area contributed by atoms with E-state index in [4.69, 9.17) is 5.73 Å². The maximum absolute atomic E-state index is 13.5. The summed E-state index contributed by atoms with van der Waals surface area (Å²) in [6.45, 7) is 7.21. The summed E-state index contributed by atoms with van der Waals surface area (Å²) in [6.07, 6.45) is -1.40. The molecule has 0 fully saturated rings. The summed E-state index contributed by atoms with van der Waals surface area (Å²) in [5.74, 6) is -0.313. The maximum atomic E-state index is 13.5. The number of imidazole rings is 1. The number of nitrogens with zero attached hydrogens (tertiary/aromatic N) is 5. The zero-order valence-corrected chi connectivity index (χ0v) is 23.3. The highest BCUT2D eigenvalue weighted by molar-refractivity contribution is 6.08. The molecule has 0 spiro atoms. The van der Waals surface area contributed by atoms with Gasteiger partial charge in [0.05, 0.1) is 34.2 Å². The molecule has 5 aromatic rings. The van der Waals surface area contributed by atoms with Crippen molar-refractivity contribution in [1.29, 1.82) is 0 Å². The van der Waals surface area contributed by atoms with Crippen LogP contribution in [0.2, 0.25) is 0 Å². The molecule has 0 aliphatic carbocycles. The number of carbonyl (C=O) groups excluding carboxylic acids is 2. The number of aryl methyl sites for hydroxylation is 2. The van der Waals surface area contributed by atoms with E-state index in [9.17, 15) is 22.8 Å². The molecule has 2 aromatic heterocycles. The van der Waals surface area contributed by atoms with Gasteiger partial charge in [0.1, 0.15) is 11.5 Å². The maximum Gasteiger partial charge on any atom is 0.416 e. The largest absolute Gasteiger partial charge is 0.416 e. The second-order valence-corrected chi connectivity index (χ2v) is 10.5. The van der Waals surface area contributed by atoms with Gasteiger partial charge in [0.15, 0.2) is 0 Å². The van der Waals surface area contributed by atoms with E-state index >= 15 is 0 Å². The standard InChI is InChI=1S/C31H27F3N6O2/c1-18-17-39(19(2)37-18)25-13-10-22(21-6-5-7-24(14-21)30(3,4)29(35)42)15-26(25)40-27(16-36-38-40)28(41)20-8-11-23(12-9-20)31(32,33)34/h5-17H,1-4H3,(H2,35,42). The number of ketones is 1. The van der Waals surface area contributed by atoms with E-state index in [1.165, 1.54) is 10.9 Å². The Bertz CT molecular complexity index is 1820. The first kappa shape index (κ1) is 28.5. The second kappa shape index (κ2) is 10.4. The average molecular weight is 573 g/mol. The van der Waals surface area contributed by atoms with Crippen LogP contribution in [0.3, 0.4) is 0 Å². The molecule has 214 valence electrons.